The number of amides is 3. The first kappa shape index (κ1) is 21.1. The molecule has 0 radical (unpaired) electrons. The van der Waals surface area contributed by atoms with Crippen molar-refractivity contribution in [2.45, 2.75) is 39.2 Å². The molecule has 1 N–H and O–H groups in total. The molecule has 29 heavy (non-hydrogen) atoms. The van der Waals surface area contributed by atoms with Gasteiger partial charge in [-0.3, -0.25) is 14.4 Å². The molecular weight excluding hydrogens is 370 g/mol. The van der Waals surface area contributed by atoms with Crippen molar-refractivity contribution in [2.75, 3.05) is 32.8 Å². The summed E-state index contributed by atoms with van der Waals surface area (Å²) in [5.74, 6) is 0.573. The summed E-state index contributed by atoms with van der Waals surface area (Å²) >= 11 is 0. The molecule has 7 nitrogen and oxygen atoms in total. The van der Waals surface area contributed by atoms with E-state index in [4.69, 9.17) is 4.74 Å². The Hall–Kier alpha value is -2.57. The van der Waals surface area contributed by atoms with Crippen molar-refractivity contribution in [1.29, 1.82) is 0 Å². The molecule has 1 saturated carbocycles. The van der Waals surface area contributed by atoms with Crippen LogP contribution in [0.3, 0.4) is 0 Å². The zero-order valence-electron chi connectivity index (χ0n) is 17.3. The van der Waals surface area contributed by atoms with E-state index in [1.165, 1.54) is 0 Å². The van der Waals surface area contributed by atoms with E-state index < -0.39 is 6.04 Å². The number of nitrogens with zero attached hydrogens (tertiary/aromatic N) is 2. The molecule has 2 fully saturated rings. The first-order valence-electron chi connectivity index (χ1n) is 10.5. The van der Waals surface area contributed by atoms with Gasteiger partial charge in [0.1, 0.15) is 11.8 Å². The van der Waals surface area contributed by atoms with Gasteiger partial charge in [-0.05, 0) is 30.9 Å². The highest BCUT2D eigenvalue weighted by Crippen LogP contribution is 2.28. The van der Waals surface area contributed by atoms with E-state index in [0.29, 0.717) is 31.9 Å². The van der Waals surface area contributed by atoms with Crippen molar-refractivity contribution in [1.82, 2.24) is 15.1 Å². The first-order chi connectivity index (χ1) is 14.0. The molecule has 1 aliphatic carbocycles. The van der Waals surface area contributed by atoms with Crippen LogP contribution in [0.2, 0.25) is 0 Å². The Morgan fingerprint density at radius 3 is 2.21 bits per heavy atom. The molecule has 158 valence electrons. The molecular formula is C22H31N3O4. The second-order valence-electron chi connectivity index (χ2n) is 8.17. The van der Waals surface area contributed by atoms with Gasteiger partial charge in [0, 0.05) is 32.1 Å². The zero-order chi connectivity index (χ0) is 20.8. The van der Waals surface area contributed by atoms with Gasteiger partial charge in [-0.2, -0.15) is 0 Å². The van der Waals surface area contributed by atoms with Gasteiger partial charge in [0.25, 0.3) is 5.91 Å². The van der Waals surface area contributed by atoms with Crippen LogP contribution in [-0.2, 0) is 14.4 Å². The minimum absolute atomic E-state index is 0.0437. The second kappa shape index (κ2) is 9.76. The third kappa shape index (κ3) is 5.49. The molecule has 0 bridgehead atoms. The van der Waals surface area contributed by atoms with Crippen LogP contribution in [0.25, 0.3) is 0 Å². The minimum atomic E-state index is -0.601. The van der Waals surface area contributed by atoms with Crippen LogP contribution in [0.5, 0.6) is 5.75 Å². The lowest BCUT2D eigenvalue weighted by Crippen LogP contribution is -2.58. The van der Waals surface area contributed by atoms with E-state index in [1.54, 1.807) is 17.0 Å². The van der Waals surface area contributed by atoms with E-state index in [0.717, 1.165) is 19.3 Å². The molecule has 1 saturated heterocycles. The lowest BCUT2D eigenvalue weighted by atomic mass is 9.84. The van der Waals surface area contributed by atoms with Gasteiger partial charge in [0.15, 0.2) is 6.61 Å². The molecule has 1 aliphatic heterocycles. The molecule has 0 aromatic heterocycles. The number of para-hydroxylation sites is 1. The maximum atomic E-state index is 13.0. The van der Waals surface area contributed by atoms with Gasteiger partial charge in [-0.15, -0.1) is 0 Å². The predicted octanol–water partition coefficient (Wildman–Crippen LogP) is 1.68. The molecule has 1 unspecified atom stereocenters. The summed E-state index contributed by atoms with van der Waals surface area (Å²) in [6.07, 6.45) is 3.12. The normalized spacial score (nSPS) is 18.2. The Bertz CT molecular complexity index is 710. The Kier molecular flexibility index (Phi) is 7.12. The van der Waals surface area contributed by atoms with Gasteiger partial charge >= 0.3 is 0 Å². The lowest BCUT2D eigenvalue weighted by Gasteiger charge is -2.39. The van der Waals surface area contributed by atoms with E-state index in [1.807, 2.05) is 36.9 Å². The molecule has 0 spiro atoms. The number of benzene rings is 1. The highest BCUT2D eigenvalue weighted by Gasteiger charge is 2.34. The summed E-state index contributed by atoms with van der Waals surface area (Å²) < 4.78 is 5.47. The van der Waals surface area contributed by atoms with Crippen molar-refractivity contribution in [3.8, 4) is 5.75 Å². The number of piperazine rings is 1. The van der Waals surface area contributed by atoms with Crippen LogP contribution >= 0.6 is 0 Å². The monoisotopic (exact) mass is 401 g/mol. The topological polar surface area (TPSA) is 79.0 Å². The zero-order valence-corrected chi connectivity index (χ0v) is 17.3. The number of hydrogen-bond donors (Lipinski definition) is 1. The maximum absolute atomic E-state index is 13.0. The van der Waals surface area contributed by atoms with Crippen molar-refractivity contribution in [2.24, 2.45) is 11.8 Å². The summed E-state index contributed by atoms with van der Waals surface area (Å²) in [4.78, 5) is 41.3. The molecule has 1 heterocycles. The highest BCUT2D eigenvalue weighted by atomic mass is 16.5. The van der Waals surface area contributed by atoms with Crippen molar-refractivity contribution >= 4 is 17.7 Å². The van der Waals surface area contributed by atoms with Crippen LogP contribution in [0, 0.1) is 11.8 Å². The fourth-order valence-electron chi connectivity index (χ4n) is 3.65. The van der Waals surface area contributed by atoms with E-state index in [9.17, 15) is 14.4 Å². The molecule has 3 amide bonds. The number of carbonyl (C=O) groups is 3. The van der Waals surface area contributed by atoms with Crippen LogP contribution in [0.15, 0.2) is 30.3 Å². The molecule has 1 aromatic carbocycles. The SMILES string of the molecule is CC(C)C(NC(=O)COc1ccccc1)C(=O)N1CCN(C(=O)C2CCC2)CC1. The second-order valence-corrected chi connectivity index (χ2v) is 8.17. The standard InChI is InChI=1S/C22H31N3O4/c1-16(2)20(23-19(26)15-29-18-9-4-3-5-10-18)22(28)25-13-11-24(12-14-25)21(27)17-7-6-8-17/h3-5,9-10,16-17,20H,6-8,11-15H2,1-2H3,(H,23,26). The number of rotatable bonds is 7. The number of hydrogen-bond acceptors (Lipinski definition) is 4. The molecule has 2 aliphatic rings. The third-order valence-electron chi connectivity index (χ3n) is 5.72. The Balaban J connectivity index is 1.48. The molecule has 1 atom stereocenters. The fourth-order valence-corrected chi connectivity index (χ4v) is 3.65. The van der Waals surface area contributed by atoms with E-state index in [-0.39, 0.29) is 36.2 Å². The third-order valence-corrected chi connectivity index (χ3v) is 5.72. The van der Waals surface area contributed by atoms with Crippen molar-refractivity contribution in [3.63, 3.8) is 0 Å². The number of nitrogens with one attached hydrogen (secondary N) is 1. The van der Waals surface area contributed by atoms with Crippen molar-refractivity contribution < 1.29 is 19.1 Å². The maximum Gasteiger partial charge on any atom is 0.258 e. The highest BCUT2D eigenvalue weighted by molar-refractivity contribution is 5.88. The van der Waals surface area contributed by atoms with E-state index >= 15 is 0 Å². The van der Waals surface area contributed by atoms with Crippen molar-refractivity contribution in [3.05, 3.63) is 30.3 Å². The summed E-state index contributed by atoms with van der Waals surface area (Å²) in [6, 6.07) is 8.51. The van der Waals surface area contributed by atoms with Crippen LogP contribution in [0.4, 0.5) is 0 Å². The van der Waals surface area contributed by atoms with Gasteiger partial charge in [-0.1, -0.05) is 38.5 Å². The Morgan fingerprint density at radius 2 is 1.66 bits per heavy atom. The molecule has 7 heteroatoms. The van der Waals surface area contributed by atoms with Crippen LogP contribution in [-0.4, -0.2) is 66.3 Å². The van der Waals surface area contributed by atoms with Gasteiger partial charge in [0.05, 0.1) is 0 Å². The van der Waals surface area contributed by atoms with Crippen LogP contribution in [0.1, 0.15) is 33.1 Å². The van der Waals surface area contributed by atoms with Gasteiger partial charge in [0.2, 0.25) is 11.8 Å². The predicted molar refractivity (Wildman–Crippen MR) is 109 cm³/mol. The summed E-state index contributed by atoms with van der Waals surface area (Å²) in [5.41, 5.74) is 0. The van der Waals surface area contributed by atoms with E-state index in [2.05, 4.69) is 5.32 Å². The lowest BCUT2D eigenvalue weighted by molar-refractivity contribution is -0.145. The molecule has 3 rings (SSSR count). The summed E-state index contributed by atoms with van der Waals surface area (Å²) in [7, 11) is 0. The fraction of sp³-hybridized carbons (Fsp3) is 0.591. The minimum Gasteiger partial charge on any atom is -0.484 e. The summed E-state index contributed by atoms with van der Waals surface area (Å²) in [6.45, 7) is 5.85. The summed E-state index contributed by atoms with van der Waals surface area (Å²) in [5, 5.41) is 2.82. The van der Waals surface area contributed by atoms with Crippen LogP contribution < -0.4 is 10.1 Å². The van der Waals surface area contributed by atoms with Gasteiger partial charge < -0.3 is 19.9 Å². The first-order valence-corrected chi connectivity index (χ1v) is 10.5. The quantitative estimate of drug-likeness (QED) is 0.754. The average Bonchev–Trinajstić information content (AvgIpc) is 2.69. The number of ether oxygens (including phenoxy) is 1. The largest absolute Gasteiger partial charge is 0.484 e. The Morgan fingerprint density at radius 1 is 1.03 bits per heavy atom. The van der Waals surface area contributed by atoms with Gasteiger partial charge in [-0.25, -0.2) is 0 Å². The average molecular weight is 402 g/mol. The smallest absolute Gasteiger partial charge is 0.258 e. The molecule has 1 aromatic rings. The Labute approximate surface area is 172 Å². The number of carbonyl (C=O) groups excluding carboxylic acids is 3.